The highest BCUT2D eigenvalue weighted by atomic mass is 35.5. The zero-order valence-corrected chi connectivity index (χ0v) is 14.0. The summed E-state index contributed by atoms with van der Waals surface area (Å²) in [4.78, 5) is 14.8. The molecule has 1 amide bonds. The van der Waals surface area contributed by atoms with Crippen molar-refractivity contribution in [3.8, 4) is 11.5 Å². The number of amides is 1. The van der Waals surface area contributed by atoms with Crippen molar-refractivity contribution < 1.29 is 14.3 Å². The number of halogens is 1. The van der Waals surface area contributed by atoms with E-state index >= 15 is 0 Å². The summed E-state index contributed by atoms with van der Waals surface area (Å²) in [6.45, 7) is 1.38. The first-order valence-corrected chi connectivity index (χ1v) is 7.45. The Kier molecular flexibility index (Phi) is 7.48. The standard InChI is InChI=1S/C16H24N2O3.ClH/c1-20-14-8-5-7-13(15(14)21-2)16(19)18-11-4-3-6-12(18)9-10-17;/h5,7-8,12H,3-4,6,9-11,17H2,1-2H3;1H. The van der Waals surface area contributed by atoms with E-state index in [-0.39, 0.29) is 24.4 Å². The molecular weight excluding hydrogens is 304 g/mol. The van der Waals surface area contributed by atoms with Crippen LogP contribution in [0.3, 0.4) is 0 Å². The minimum atomic E-state index is 0. The van der Waals surface area contributed by atoms with Gasteiger partial charge in [0.15, 0.2) is 11.5 Å². The van der Waals surface area contributed by atoms with E-state index in [9.17, 15) is 4.79 Å². The normalized spacial score (nSPS) is 17.6. The van der Waals surface area contributed by atoms with Crippen molar-refractivity contribution in [1.82, 2.24) is 4.90 Å². The number of benzene rings is 1. The number of rotatable bonds is 5. The molecule has 1 atom stereocenters. The van der Waals surface area contributed by atoms with Crippen LogP contribution in [0, 0.1) is 0 Å². The van der Waals surface area contributed by atoms with Gasteiger partial charge in [-0.05, 0) is 44.4 Å². The van der Waals surface area contributed by atoms with Crippen LogP contribution in [-0.4, -0.2) is 44.2 Å². The molecule has 124 valence electrons. The van der Waals surface area contributed by atoms with E-state index in [2.05, 4.69) is 0 Å². The Labute approximate surface area is 138 Å². The third-order valence-electron chi connectivity index (χ3n) is 4.02. The molecule has 1 aromatic carbocycles. The van der Waals surface area contributed by atoms with Gasteiger partial charge >= 0.3 is 0 Å². The van der Waals surface area contributed by atoms with Crippen LogP contribution < -0.4 is 15.2 Å². The molecule has 1 heterocycles. The monoisotopic (exact) mass is 328 g/mol. The third-order valence-corrected chi connectivity index (χ3v) is 4.02. The molecule has 1 aliphatic rings. The first-order valence-electron chi connectivity index (χ1n) is 7.45. The van der Waals surface area contributed by atoms with Gasteiger partial charge in [0.2, 0.25) is 0 Å². The van der Waals surface area contributed by atoms with Crippen molar-refractivity contribution in [2.24, 2.45) is 5.73 Å². The molecule has 0 bridgehead atoms. The maximum atomic E-state index is 12.9. The topological polar surface area (TPSA) is 64.8 Å². The van der Waals surface area contributed by atoms with Crippen molar-refractivity contribution in [3.63, 3.8) is 0 Å². The summed E-state index contributed by atoms with van der Waals surface area (Å²) in [7, 11) is 3.13. The van der Waals surface area contributed by atoms with Crippen LogP contribution in [-0.2, 0) is 0 Å². The molecule has 2 rings (SSSR count). The number of methoxy groups -OCH3 is 2. The fourth-order valence-corrected chi connectivity index (χ4v) is 2.97. The van der Waals surface area contributed by atoms with Gasteiger partial charge in [-0.25, -0.2) is 0 Å². The predicted octanol–water partition coefficient (Wildman–Crippen LogP) is 2.47. The van der Waals surface area contributed by atoms with Gasteiger partial charge < -0.3 is 20.1 Å². The Balaban J connectivity index is 0.00000242. The highest BCUT2D eigenvalue weighted by Gasteiger charge is 2.29. The number of hydrogen-bond donors (Lipinski definition) is 1. The summed E-state index contributed by atoms with van der Waals surface area (Å²) in [5, 5.41) is 0. The summed E-state index contributed by atoms with van der Waals surface area (Å²) < 4.78 is 10.7. The first kappa shape index (κ1) is 18.6. The van der Waals surface area contributed by atoms with Gasteiger partial charge in [-0.2, -0.15) is 0 Å². The second-order valence-electron chi connectivity index (χ2n) is 5.27. The minimum absolute atomic E-state index is 0. The van der Waals surface area contributed by atoms with Crippen LogP contribution in [0.1, 0.15) is 36.0 Å². The molecule has 1 aromatic rings. The number of ether oxygens (including phenoxy) is 2. The van der Waals surface area contributed by atoms with Gasteiger partial charge in [0.25, 0.3) is 5.91 Å². The van der Waals surface area contributed by atoms with Gasteiger partial charge in [-0.3, -0.25) is 4.79 Å². The lowest BCUT2D eigenvalue weighted by Gasteiger charge is -2.36. The van der Waals surface area contributed by atoms with Gasteiger partial charge in [0.1, 0.15) is 0 Å². The number of carbonyl (C=O) groups is 1. The molecular formula is C16H25ClN2O3. The summed E-state index contributed by atoms with van der Waals surface area (Å²) in [5.74, 6) is 1.08. The molecule has 0 radical (unpaired) electrons. The zero-order chi connectivity index (χ0) is 15.2. The minimum Gasteiger partial charge on any atom is -0.493 e. The number of nitrogens with two attached hydrogens (primary N) is 1. The third kappa shape index (κ3) is 3.84. The lowest BCUT2D eigenvalue weighted by atomic mass is 9.98. The molecule has 0 saturated carbocycles. The van der Waals surface area contributed by atoms with Crippen LogP contribution in [0.4, 0.5) is 0 Å². The van der Waals surface area contributed by atoms with Crippen molar-refractivity contribution in [3.05, 3.63) is 23.8 Å². The van der Waals surface area contributed by atoms with Gasteiger partial charge in [-0.1, -0.05) is 6.07 Å². The maximum Gasteiger partial charge on any atom is 0.258 e. The van der Waals surface area contributed by atoms with E-state index in [4.69, 9.17) is 15.2 Å². The molecule has 22 heavy (non-hydrogen) atoms. The van der Waals surface area contributed by atoms with Gasteiger partial charge in [0, 0.05) is 12.6 Å². The summed E-state index contributed by atoms with van der Waals surface area (Å²) in [6, 6.07) is 5.63. The van der Waals surface area contributed by atoms with E-state index in [1.165, 1.54) is 0 Å². The first-order chi connectivity index (χ1) is 10.2. The number of para-hydroxylation sites is 1. The second-order valence-corrected chi connectivity index (χ2v) is 5.27. The summed E-state index contributed by atoms with van der Waals surface area (Å²) in [6.07, 6.45) is 4.07. The Hall–Kier alpha value is -1.46. The highest BCUT2D eigenvalue weighted by molar-refractivity contribution is 5.98. The molecule has 2 N–H and O–H groups in total. The molecule has 0 aromatic heterocycles. The van der Waals surface area contributed by atoms with Crippen molar-refractivity contribution in [2.45, 2.75) is 31.7 Å². The Bertz CT molecular complexity index is 494. The molecule has 1 aliphatic heterocycles. The number of hydrogen-bond acceptors (Lipinski definition) is 4. The molecule has 1 fully saturated rings. The number of carbonyl (C=O) groups excluding carboxylic acids is 1. The average Bonchev–Trinajstić information content (AvgIpc) is 2.54. The van der Waals surface area contributed by atoms with E-state index in [0.717, 1.165) is 32.2 Å². The van der Waals surface area contributed by atoms with Crippen LogP contribution in [0.5, 0.6) is 11.5 Å². The molecule has 5 nitrogen and oxygen atoms in total. The highest BCUT2D eigenvalue weighted by Crippen LogP contribution is 2.33. The average molecular weight is 329 g/mol. The van der Waals surface area contributed by atoms with E-state index in [1.807, 2.05) is 11.0 Å². The SMILES string of the molecule is COc1cccc(C(=O)N2CCCCC2CCN)c1OC.Cl. The van der Waals surface area contributed by atoms with Gasteiger partial charge in [-0.15, -0.1) is 12.4 Å². The quantitative estimate of drug-likeness (QED) is 0.901. The van der Waals surface area contributed by atoms with Crippen LogP contribution in [0.15, 0.2) is 18.2 Å². The smallest absolute Gasteiger partial charge is 0.258 e. The predicted molar refractivity (Wildman–Crippen MR) is 89.1 cm³/mol. The molecule has 1 unspecified atom stereocenters. The van der Waals surface area contributed by atoms with Crippen LogP contribution in [0.25, 0.3) is 0 Å². The lowest BCUT2D eigenvalue weighted by molar-refractivity contribution is 0.0601. The number of likely N-dealkylation sites (tertiary alicyclic amines) is 1. The molecule has 0 spiro atoms. The maximum absolute atomic E-state index is 12.9. The van der Waals surface area contributed by atoms with Crippen molar-refractivity contribution in [2.75, 3.05) is 27.3 Å². The van der Waals surface area contributed by atoms with E-state index < -0.39 is 0 Å². The number of piperidine rings is 1. The fourth-order valence-electron chi connectivity index (χ4n) is 2.97. The van der Waals surface area contributed by atoms with Crippen LogP contribution in [0.2, 0.25) is 0 Å². The van der Waals surface area contributed by atoms with Crippen molar-refractivity contribution >= 4 is 18.3 Å². The summed E-state index contributed by atoms with van der Waals surface area (Å²) in [5.41, 5.74) is 6.24. The molecule has 6 heteroatoms. The van der Waals surface area contributed by atoms with E-state index in [0.29, 0.717) is 23.6 Å². The van der Waals surface area contributed by atoms with Crippen LogP contribution >= 0.6 is 12.4 Å². The Morgan fingerprint density at radius 3 is 2.73 bits per heavy atom. The van der Waals surface area contributed by atoms with E-state index in [1.54, 1.807) is 26.4 Å². The Morgan fingerprint density at radius 2 is 2.09 bits per heavy atom. The largest absolute Gasteiger partial charge is 0.493 e. The molecule has 0 aliphatic carbocycles. The fraction of sp³-hybridized carbons (Fsp3) is 0.562. The lowest BCUT2D eigenvalue weighted by Crippen LogP contribution is -2.44. The second kappa shape index (κ2) is 8.86. The zero-order valence-electron chi connectivity index (χ0n) is 13.2. The van der Waals surface area contributed by atoms with Gasteiger partial charge in [0.05, 0.1) is 19.8 Å². The van der Waals surface area contributed by atoms with Crippen molar-refractivity contribution in [1.29, 1.82) is 0 Å². The Morgan fingerprint density at radius 1 is 1.32 bits per heavy atom. The molecule has 1 saturated heterocycles. The summed E-state index contributed by atoms with van der Waals surface area (Å²) >= 11 is 0. The number of nitrogens with zero attached hydrogens (tertiary/aromatic N) is 1.